The first-order valence-corrected chi connectivity index (χ1v) is 5.55. The molecule has 0 fully saturated rings. The van der Waals surface area contributed by atoms with E-state index in [4.69, 9.17) is 5.21 Å². The predicted octanol–water partition coefficient (Wildman–Crippen LogP) is 2.83. The highest BCUT2D eigenvalue weighted by Crippen LogP contribution is 2.17. The highest BCUT2D eigenvalue weighted by molar-refractivity contribution is 5.98. The van der Waals surface area contributed by atoms with E-state index in [0.29, 0.717) is 17.0 Å². The van der Waals surface area contributed by atoms with Crippen LogP contribution in [-0.4, -0.2) is 20.7 Å². The van der Waals surface area contributed by atoms with Gasteiger partial charge in [0.15, 0.2) is 0 Å². The van der Waals surface area contributed by atoms with Gasteiger partial charge in [0, 0.05) is 11.3 Å². The van der Waals surface area contributed by atoms with Crippen molar-refractivity contribution in [1.29, 1.82) is 0 Å². The number of rotatable bonds is 2. The zero-order valence-electron chi connectivity index (χ0n) is 10.5. The van der Waals surface area contributed by atoms with Crippen LogP contribution >= 0.6 is 0 Å². The number of halogens is 1. The number of benzene rings is 1. The van der Waals surface area contributed by atoms with E-state index in [-0.39, 0.29) is 0 Å². The van der Waals surface area contributed by atoms with E-state index in [1.54, 1.807) is 23.7 Å². The van der Waals surface area contributed by atoms with E-state index < -0.39 is 5.82 Å². The molecule has 1 heterocycles. The molecule has 18 heavy (non-hydrogen) atoms. The van der Waals surface area contributed by atoms with E-state index in [0.717, 1.165) is 11.4 Å². The van der Waals surface area contributed by atoms with Gasteiger partial charge < -0.3 is 5.21 Å². The molecule has 0 aliphatic carbocycles. The van der Waals surface area contributed by atoms with Gasteiger partial charge in [-0.3, -0.25) is 0 Å². The summed E-state index contributed by atoms with van der Waals surface area (Å²) >= 11 is 0. The van der Waals surface area contributed by atoms with Gasteiger partial charge in [0.1, 0.15) is 11.5 Å². The van der Waals surface area contributed by atoms with Crippen LogP contribution in [0.3, 0.4) is 0 Å². The summed E-state index contributed by atoms with van der Waals surface area (Å²) in [6.07, 6.45) is 0. The lowest BCUT2D eigenvalue weighted by Gasteiger charge is -2.07. The van der Waals surface area contributed by atoms with Gasteiger partial charge in [-0.1, -0.05) is 11.2 Å². The smallest absolute Gasteiger partial charge is 0.149 e. The lowest BCUT2D eigenvalue weighted by molar-refractivity contribution is 0.319. The summed E-state index contributed by atoms with van der Waals surface area (Å²) < 4.78 is 15.6. The van der Waals surface area contributed by atoms with Gasteiger partial charge in [-0.05, 0) is 39.0 Å². The number of oxime groups is 1. The van der Waals surface area contributed by atoms with Gasteiger partial charge in [0.05, 0.1) is 11.4 Å². The van der Waals surface area contributed by atoms with Gasteiger partial charge >= 0.3 is 0 Å². The molecule has 4 nitrogen and oxygen atoms in total. The third-order valence-electron chi connectivity index (χ3n) is 2.75. The third-order valence-corrected chi connectivity index (χ3v) is 2.75. The second kappa shape index (κ2) is 4.60. The molecule has 94 valence electrons. The molecule has 0 saturated heterocycles. The average molecular weight is 247 g/mol. The summed E-state index contributed by atoms with van der Waals surface area (Å²) in [7, 11) is 0. The van der Waals surface area contributed by atoms with Gasteiger partial charge in [-0.15, -0.1) is 0 Å². The van der Waals surface area contributed by atoms with Crippen LogP contribution in [0.15, 0.2) is 29.4 Å². The van der Waals surface area contributed by atoms with E-state index in [1.807, 2.05) is 19.9 Å². The summed E-state index contributed by atoms with van der Waals surface area (Å²) in [4.78, 5) is 0. The quantitative estimate of drug-likeness (QED) is 0.504. The molecule has 0 unspecified atom stereocenters. The van der Waals surface area contributed by atoms with Crippen molar-refractivity contribution < 1.29 is 9.60 Å². The van der Waals surface area contributed by atoms with Crippen LogP contribution in [0.1, 0.15) is 23.9 Å². The molecule has 1 N–H and O–H groups in total. The van der Waals surface area contributed by atoms with Crippen LogP contribution in [0.2, 0.25) is 0 Å². The molecule has 2 rings (SSSR count). The molecular formula is C13H14FN3O. The van der Waals surface area contributed by atoms with Gasteiger partial charge in [-0.2, -0.15) is 5.10 Å². The number of aromatic nitrogens is 2. The second-order valence-corrected chi connectivity index (χ2v) is 4.19. The van der Waals surface area contributed by atoms with Crippen LogP contribution in [0, 0.1) is 19.7 Å². The Morgan fingerprint density at radius 3 is 2.56 bits per heavy atom. The maximum atomic E-state index is 14.0. The Morgan fingerprint density at radius 2 is 2.06 bits per heavy atom. The minimum atomic E-state index is -0.401. The van der Waals surface area contributed by atoms with E-state index in [2.05, 4.69) is 10.3 Å². The minimum absolute atomic E-state index is 0.369. The first kappa shape index (κ1) is 12.3. The van der Waals surface area contributed by atoms with Crippen molar-refractivity contribution in [1.82, 2.24) is 9.78 Å². The second-order valence-electron chi connectivity index (χ2n) is 4.19. The summed E-state index contributed by atoms with van der Waals surface area (Å²) in [6, 6.07) is 6.54. The van der Waals surface area contributed by atoms with Crippen molar-refractivity contribution in [3.05, 3.63) is 47.0 Å². The van der Waals surface area contributed by atoms with Crippen molar-refractivity contribution in [3.8, 4) is 5.69 Å². The molecule has 0 spiro atoms. The Kier molecular flexibility index (Phi) is 3.14. The number of aryl methyl sites for hydroxylation is 2. The van der Waals surface area contributed by atoms with E-state index in [1.165, 1.54) is 6.07 Å². The van der Waals surface area contributed by atoms with Crippen LogP contribution in [0.5, 0.6) is 0 Å². The normalized spacial score (nSPS) is 11.9. The Bertz CT molecular complexity index is 617. The fourth-order valence-corrected chi connectivity index (χ4v) is 1.83. The molecule has 0 amide bonds. The lowest BCUT2D eigenvalue weighted by atomic mass is 10.1. The first-order chi connectivity index (χ1) is 8.52. The van der Waals surface area contributed by atoms with Crippen molar-refractivity contribution >= 4 is 5.71 Å². The van der Waals surface area contributed by atoms with Crippen LogP contribution in [-0.2, 0) is 0 Å². The van der Waals surface area contributed by atoms with Crippen LogP contribution < -0.4 is 0 Å². The van der Waals surface area contributed by atoms with Crippen molar-refractivity contribution in [2.24, 2.45) is 5.16 Å². The number of nitrogens with zero attached hydrogens (tertiary/aromatic N) is 3. The molecule has 0 bridgehead atoms. The lowest BCUT2D eigenvalue weighted by Crippen LogP contribution is -2.04. The Labute approximate surface area is 104 Å². The molecule has 1 aromatic carbocycles. The highest BCUT2D eigenvalue weighted by atomic mass is 19.1. The monoisotopic (exact) mass is 247 g/mol. The summed E-state index contributed by atoms with van der Waals surface area (Å²) in [5.74, 6) is -0.401. The fourth-order valence-electron chi connectivity index (χ4n) is 1.83. The minimum Gasteiger partial charge on any atom is -0.411 e. The van der Waals surface area contributed by atoms with Crippen molar-refractivity contribution in [2.75, 3.05) is 0 Å². The number of hydrogen-bond acceptors (Lipinski definition) is 3. The molecule has 0 atom stereocenters. The van der Waals surface area contributed by atoms with Gasteiger partial charge in [-0.25, -0.2) is 9.07 Å². The van der Waals surface area contributed by atoms with Crippen LogP contribution in [0.4, 0.5) is 4.39 Å². The van der Waals surface area contributed by atoms with Crippen molar-refractivity contribution in [3.63, 3.8) is 0 Å². The fraction of sp³-hybridized carbons (Fsp3) is 0.231. The summed E-state index contributed by atoms with van der Waals surface area (Å²) in [6.45, 7) is 5.34. The molecule has 0 aliphatic heterocycles. The van der Waals surface area contributed by atoms with Crippen LogP contribution in [0.25, 0.3) is 5.69 Å². The average Bonchev–Trinajstić information content (AvgIpc) is 2.67. The Hall–Kier alpha value is -2.17. The van der Waals surface area contributed by atoms with Gasteiger partial charge in [0.2, 0.25) is 0 Å². The van der Waals surface area contributed by atoms with E-state index in [9.17, 15) is 4.39 Å². The molecule has 2 aromatic rings. The molecule has 5 heteroatoms. The maximum absolute atomic E-state index is 14.0. The molecule has 0 saturated carbocycles. The van der Waals surface area contributed by atoms with E-state index >= 15 is 0 Å². The first-order valence-electron chi connectivity index (χ1n) is 5.55. The Balaban J connectivity index is 2.51. The molecule has 0 aliphatic rings. The standard InChI is InChI=1S/C13H14FN3O/c1-8-6-9(2)17(15-8)13-5-4-11(7-12(13)14)10(3)16-18/h4-7,18H,1-3H3/b16-10+. The largest absolute Gasteiger partial charge is 0.411 e. The predicted molar refractivity (Wildman–Crippen MR) is 67.0 cm³/mol. The zero-order chi connectivity index (χ0) is 13.3. The maximum Gasteiger partial charge on any atom is 0.149 e. The topological polar surface area (TPSA) is 50.4 Å². The molecule has 0 radical (unpaired) electrons. The van der Waals surface area contributed by atoms with Crippen molar-refractivity contribution in [2.45, 2.75) is 20.8 Å². The molecule has 1 aromatic heterocycles. The Morgan fingerprint density at radius 1 is 1.33 bits per heavy atom. The SMILES string of the molecule is C/C(=N\O)c1ccc(-n2nc(C)cc2C)c(F)c1. The third kappa shape index (κ3) is 2.11. The zero-order valence-corrected chi connectivity index (χ0v) is 10.5. The summed E-state index contributed by atoms with van der Waals surface area (Å²) in [5.41, 5.74) is 3.00. The number of hydrogen-bond donors (Lipinski definition) is 1. The highest BCUT2D eigenvalue weighted by Gasteiger charge is 2.10. The van der Waals surface area contributed by atoms with Gasteiger partial charge in [0.25, 0.3) is 0 Å². The molecular weight excluding hydrogens is 233 g/mol. The summed E-state index contributed by atoms with van der Waals surface area (Å²) in [5, 5.41) is 15.9.